The van der Waals surface area contributed by atoms with Gasteiger partial charge in [0.2, 0.25) is 0 Å². The fourth-order valence-corrected chi connectivity index (χ4v) is 2.98. The van der Waals surface area contributed by atoms with Gasteiger partial charge in [0.15, 0.2) is 11.5 Å². The molecule has 0 bridgehead atoms. The molecule has 0 aliphatic heterocycles. The molecular formula is C18H17F2N3O4. The lowest BCUT2D eigenvalue weighted by atomic mass is 10.1. The summed E-state index contributed by atoms with van der Waals surface area (Å²) < 4.78 is 40.9. The van der Waals surface area contributed by atoms with E-state index in [-0.39, 0.29) is 29.8 Å². The number of hydrogen-bond donors (Lipinski definition) is 2. The predicted molar refractivity (Wildman–Crippen MR) is 93.1 cm³/mol. The average Bonchev–Trinajstić information content (AvgIpc) is 3.36. The largest absolute Gasteiger partial charge is 0.487 e. The molecular weight excluding hydrogens is 360 g/mol. The maximum Gasteiger partial charge on any atom is 0.387 e. The monoisotopic (exact) mass is 377 g/mol. The Balaban J connectivity index is 1.84. The Labute approximate surface area is 152 Å². The van der Waals surface area contributed by atoms with Crippen molar-refractivity contribution in [1.82, 2.24) is 15.2 Å². The van der Waals surface area contributed by atoms with E-state index in [2.05, 4.69) is 19.9 Å². The van der Waals surface area contributed by atoms with Crippen molar-refractivity contribution in [1.29, 1.82) is 0 Å². The first-order valence-corrected chi connectivity index (χ1v) is 8.40. The number of alkyl halides is 2. The van der Waals surface area contributed by atoms with Gasteiger partial charge < -0.3 is 19.2 Å². The molecule has 2 heterocycles. The van der Waals surface area contributed by atoms with Crippen molar-refractivity contribution in [3.63, 3.8) is 0 Å². The first-order valence-electron chi connectivity index (χ1n) is 8.40. The molecule has 1 saturated carbocycles. The first-order chi connectivity index (χ1) is 13.1. The number of benzene rings is 1. The van der Waals surface area contributed by atoms with E-state index < -0.39 is 6.61 Å². The highest BCUT2D eigenvalue weighted by Crippen LogP contribution is 2.39. The molecule has 0 atom stereocenters. The molecule has 2 aromatic heterocycles. The van der Waals surface area contributed by atoms with Gasteiger partial charge in [0.25, 0.3) is 5.56 Å². The fraction of sp³-hybridized carbons (Fsp3) is 0.333. The van der Waals surface area contributed by atoms with Crippen molar-refractivity contribution in [2.45, 2.75) is 32.2 Å². The van der Waals surface area contributed by atoms with Crippen molar-refractivity contribution in [3.8, 4) is 22.8 Å². The molecule has 0 unspecified atom stereocenters. The van der Waals surface area contributed by atoms with E-state index in [1.54, 1.807) is 12.1 Å². The van der Waals surface area contributed by atoms with Gasteiger partial charge in [-0.05, 0) is 31.0 Å². The van der Waals surface area contributed by atoms with Gasteiger partial charge in [0, 0.05) is 18.2 Å². The van der Waals surface area contributed by atoms with Gasteiger partial charge in [-0.1, -0.05) is 0 Å². The van der Waals surface area contributed by atoms with Crippen molar-refractivity contribution in [2.24, 2.45) is 0 Å². The van der Waals surface area contributed by atoms with Gasteiger partial charge in [-0.25, -0.2) is 5.10 Å². The number of H-pyrrole nitrogens is 2. The van der Waals surface area contributed by atoms with Crippen LogP contribution in [-0.4, -0.2) is 35.0 Å². The Bertz CT molecular complexity index is 1030. The van der Waals surface area contributed by atoms with Crippen LogP contribution in [0.25, 0.3) is 22.2 Å². The summed E-state index contributed by atoms with van der Waals surface area (Å²) in [4.78, 5) is 15.3. The standard InChI is InChI=1S/C18H17F2N3O4/c1-25-8-11-15-12(7-21-23-17(15)24)22-16(11)9-2-5-13(27-18(19)20)14(6-9)26-10-3-4-10/h2,5-7,10,18,22H,3-4,8H2,1H3,(H,23,24). The van der Waals surface area contributed by atoms with Crippen LogP contribution in [0.1, 0.15) is 18.4 Å². The quantitative estimate of drug-likeness (QED) is 0.660. The maximum absolute atomic E-state index is 12.7. The number of nitrogens with one attached hydrogen (secondary N) is 2. The van der Waals surface area contributed by atoms with Gasteiger partial charge in [0.1, 0.15) is 0 Å². The third-order valence-electron chi connectivity index (χ3n) is 4.27. The number of nitrogens with zero attached hydrogens (tertiary/aromatic N) is 1. The maximum atomic E-state index is 12.7. The second kappa shape index (κ2) is 6.99. The molecule has 142 valence electrons. The molecule has 7 nitrogen and oxygen atoms in total. The Morgan fingerprint density at radius 3 is 2.81 bits per heavy atom. The van der Waals surface area contributed by atoms with Crippen molar-refractivity contribution >= 4 is 10.9 Å². The van der Waals surface area contributed by atoms with E-state index in [0.29, 0.717) is 27.7 Å². The second-order valence-electron chi connectivity index (χ2n) is 6.26. The van der Waals surface area contributed by atoms with Crippen LogP contribution >= 0.6 is 0 Å². The normalized spacial score (nSPS) is 14.1. The van der Waals surface area contributed by atoms with Gasteiger partial charge in [-0.2, -0.15) is 13.9 Å². The third-order valence-corrected chi connectivity index (χ3v) is 4.27. The van der Waals surface area contributed by atoms with E-state index in [4.69, 9.17) is 9.47 Å². The Hall–Kier alpha value is -2.94. The molecule has 2 N–H and O–H groups in total. The van der Waals surface area contributed by atoms with E-state index in [1.807, 2.05) is 0 Å². The van der Waals surface area contributed by atoms with Gasteiger partial charge in [-0.3, -0.25) is 4.79 Å². The summed E-state index contributed by atoms with van der Waals surface area (Å²) in [6.45, 7) is -2.75. The first kappa shape index (κ1) is 17.5. The zero-order valence-electron chi connectivity index (χ0n) is 14.4. The summed E-state index contributed by atoms with van der Waals surface area (Å²) in [5, 5.41) is 6.64. The summed E-state index contributed by atoms with van der Waals surface area (Å²) >= 11 is 0. The number of aromatic nitrogens is 3. The molecule has 1 aliphatic rings. The van der Waals surface area contributed by atoms with Crippen LogP contribution < -0.4 is 15.0 Å². The molecule has 3 aromatic rings. The lowest BCUT2D eigenvalue weighted by molar-refractivity contribution is -0.0516. The van der Waals surface area contributed by atoms with Gasteiger partial charge in [0.05, 0.1) is 35.5 Å². The topological polar surface area (TPSA) is 89.2 Å². The highest BCUT2D eigenvalue weighted by molar-refractivity contribution is 5.89. The van der Waals surface area contributed by atoms with Crippen LogP contribution in [0.15, 0.2) is 29.2 Å². The number of methoxy groups -OCH3 is 1. The minimum atomic E-state index is -2.95. The van der Waals surface area contributed by atoms with Crippen LogP contribution in [0.4, 0.5) is 8.78 Å². The Morgan fingerprint density at radius 2 is 2.11 bits per heavy atom. The molecule has 27 heavy (non-hydrogen) atoms. The number of hydrogen-bond acceptors (Lipinski definition) is 5. The second-order valence-corrected chi connectivity index (χ2v) is 6.26. The molecule has 1 fully saturated rings. The SMILES string of the molecule is COCc1c(-c2ccc(OC(F)F)c(OC3CC3)c2)[nH]c2cn[nH]c(=O)c12. The van der Waals surface area contributed by atoms with Crippen molar-refractivity contribution in [2.75, 3.05) is 7.11 Å². The molecule has 1 aromatic carbocycles. The van der Waals surface area contributed by atoms with Crippen LogP contribution in [0, 0.1) is 0 Å². The summed E-state index contributed by atoms with van der Waals surface area (Å²) in [6.07, 6.45) is 3.27. The Kier molecular flexibility index (Phi) is 4.53. The van der Waals surface area contributed by atoms with E-state index in [0.717, 1.165) is 12.8 Å². The molecule has 0 saturated heterocycles. The minimum absolute atomic E-state index is 0.00785. The Morgan fingerprint density at radius 1 is 1.30 bits per heavy atom. The molecule has 1 aliphatic carbocycles. The summed E-state index contributed by atoms with van der Waals surface area (Å²) in [7, 11) is 1.53. The summed E-state index contributed by atoms with van der Waals surface area (Å²) in [5.41, 5.74) is 2.16. The number of halogens is 2. The highest BCUT2D eigenvalue weighted by atomic mass is 19.3. The lowest BCUT2D eigenvalue weighted by Crippen LogP contribution is -2.08. The zero-order valence-corrected chi connectivity index (χ0v) is 14.4. The zero-order chi connectivity index (χ0) is 19.0. The highest BCUT2D eigenvalue weighted by Gasteiger charge is 2.26. The smallest absolute Gasteiger partial charge is 0.387 e. The molecule has 0 radical (unpaired) electrons. The fourth-order valence-electron chi connectivity index (χ4n) is 2.98. The van der Waals surface area contributed by atoms with Gasteiger partial charge in [-0.15, -0.1) is 0 Å². The average molecular weight is 377 g/mol. The number of aromatic amines is 2. The minimum Gasteiger partial charge on any atom is -0.487 e. The predicted octanol–water partition coefficient (Wildman–Crippen LogP) is 3.21. The van der Waals surface area contributed by atoms with E-state index >= 15 is 0 Å². The van der Waals surface area contributed by atoms with E-state index in [9.17, 15) is 13.6 Å². The van der Waals surface area contributed by atoms with Crippen LogP contribution in [-0.2, 0) is 11.3 Å². The van der Waals surface area contributed by atoms with Crippen molar-refractivity contribution < 1.29 is 23.0 Å². The van der Waals surface area contributed by atoms with Crippen molar-refractivity contribution in [3.05, 3.63) is 40.3 Å². The third kappa shape index (κ3) is 3.50. The molecule has 0 spiro atoms. The van der Waals surface area contributed by atoms with Gasteiger partial charge >= 0.3 is 6.61 Å². The molecule has 9 heteroatoms. The lowest BCUT2D eigenvalue weighted by Gasteiger charge is -2.13. The van der Waals surface area contributed by atoms with Crippen LogP contribution in [0.2, 0.25) is 0 Å². The summed E-state index contributed by atoms with van der Waals surface area (Å²) in [5.74, 6) is 0.217. The van der Waals surface area contributed by atoms with E-state index in [1.165, 1.54) is 19.4 Å². The van der Waals surface area contributed by atoms with Crippen LogP contribution in [0.3, 0.4) is 0 Å². The summed E-state index contributed by atoms with van der Waals surface area (Å²) in [6, 6.07) is 4.69. The van der Waals surface area contributed by atoms with Crippen LogP contribution in [0.5, 0.6) is 11.5 Å². The number of ether oxygens (including phenoxy) is 3. The molecule has 0 amide bonds. The molecule has 4 rings (SSSR count). The number of rotatable bonds is 7. The number of fused-ring (bicyclic) bond motifs is 1.